The smallest absolute Gasteiger partial charge is 0.323 e. The molecule has 0 heterocycles. The summed E-state index contributed by atoms with van der Waals surface area (Å²) in [6.07, 6.45) is 0.610. The normalized spacial score (nSPS) is 9.47. The number of ether oxygens (including phenoxy) is 1. The second kappa shape index (κ2) is 7.24. The van der Waals surface area contributed by atoms with Gasteiger partial charge < -0.3 is 10.1 Å². The van der Waals surface area contributed by atoms with Gasteiger partial charge in [-0.3, -0.25) is 15.0 Å². The van der Waals surface area contributed by atoms with Crippen molar-refractivity contribution in [2.75, 3.05) is 13.2 Å². The highest BCUT2D eigenvalue weighted by Gasteiger charge is 2.09. The lowest BCUT2D eigenvalue weighted by Crippen LogP contribution is -2.43. The van der Waals surface area contributed by atoms with Crippen molar-refractivity contribution >= 4 is 11.8 Å². The van der Waals surface area contributed by atoms with E-state index in [4.69, 9.17) is 10.6 Å². The van der Waals surface area contributed by atoms with Crippen LogP contribution < -0.4 is 21.3 Å². The second-order valence-corrected chi connectivity index (χ2v) is 3.24. The minimum Gasteiger partial charge on any atom is -0.494 e. The number of hydrogen-bond acceptors (Lipinski definition) is 4. The molecule has 0 aliphatic heterocycles. The molecule has 17 heavy (non-hydrogen) atoms. The van der Waals surface area contributed by atoms with Crippen molar-refractivity contribution in [2.45, 2.75) is 6.42 Å². The zero-order valence-corrected chi connectivity index (χ0v) is 9.31. The van der Waals surface area contributed by atoms with Crippen molar-refractivity contribution in [1.82, 2.24) is 10.7 Å². The number of hydrazine groups is 1. The summed E-state index contributed by atoms with van der Waals surface area (Å²) < 4.78 is 5.40. The third-order valence-corrected chi connectivity index (χ3v) is 1.96. The number of nitrogens with one attached hydrogen (secondary N) is 2. The Hall–Kier alpha value is -2.08. The van der Waals surface area contributed by atoms with Crippen LogP contribution >= 0.6 is 0 Å². The van der Waals surface area contributed by atoms with Gasteiger partial charge >= 0.3 is 11.8 Å². The van der Waals surface area contributed by atoms with Gasteiger partial charge in [0.25, 0.3) is 0 Å². The number of rotatable bonds is 5. The zero-order chi connectivity index (χ0) is 12.5. The predicted molar refractivity (Wildman–Crippen MR) is 61.9 cm³/mol. The van der Waals surface area contributed by atoms with Gasteiger partial charge in [-0.2, -0.15) is 0 Å². The van der Waals surface area contributed by atoms with Crippen molar-refractivity contribution in [3.63, 3.8) is 0 Å². The Labute approximate surface area is 99.1 Å². The fourth-order valence-electron chi connectivity index (χ4n) is 1.13. The summed E-state index contributed by atoms with van der Waals surface area (Å²) in [6, 6.07) is 9.35. The van der Waals surface area contributed by atoms with Gasteiger partial charge in [0.15, 0.2) is 0 Å². The van der Waals surface area contributed by atoms with E-state index < -0.39 is 11.8 Å². The van der Waals surface area contributed by atoms with Crippen LogP contribution in [0.15, 0.2) is 30.3 Å². The van der Waals surface area contributed by atoms with Crippen LogP contribution in [-0.2, 0) is 9.59 Å². The zero-order valence-electron chi connectivity index (χ0n) is 9.31. The van der Waals surface area contributed by atoms with Crippen LogP contribution in [0.1, 0.15) is 6.42 Å². The number of hydrogen-bond donors (Lipinski definition) is 3. The summed E-state index contributed by atoms with van der Waals surface area (Å²) in [5, 5.41) is 2.41. The van der Waals surface area contributed by atoms with Crippen molar-refractivity contribution in [3.05, 3.63) is 30.3 Å². The number of amides is 2. The fraction of sp³-hybridized carbons (Fsp3) is 0.273. The SMILES string of the molecule is NNC(=O)C(=O)NCCCOc1ccccc1. The Bertz CT molecular complexity index is 367. The molecule has 0 atom stereocenters. The lowest BCUT2D eigenvalue weighted by Gasteiger charge is -2.06. The lowest BCUT2D eigenvalue weighted by atomic mass is 10.3. The first-order chi connectivity index (χ1) is 8.24. The van der Waals surface area contributed by atoms with Gasteiger partial charge in [0, 0.05) is 6.54 Å². The average Bonchev–Trinajstić information content (AvgIpc) is 2.38. The van der Waals surface area contributed by atoms with E-state index >= 15 is 0 Å². The summed E-state index contributed by atoms with van der Waals surface area (Å²) in [6.45, 7) is 0.827. The number of benzene rings is 1. The molecule has 6 heteroatoms. The third-order valence-electron chi connectivity index (χ3n) is 1.96. The van der Waals surface area contributed by atoms with Gasteiger partial charge in [-0.1, -0.05) is 18.2 Å². The molecule has 1 rings (SSSR count). The van der Waals surface area contributed by atoms with Crippen molar-refractivity contribution in [2.24, 2.45) is 5.84 Å². The van der Waals surface area contributed by atoms with Crippen LogP contribution in [0.4, 0.5) is 0 Å². The first kappa shape index (κ1) is 13.0. The van der Waals surface area contributed by atoms with Gasteiger partial charge in [0.05, 0.1) is 6.61 Å². The highest BCUT2D eigenvalue weighted by atomic mass is 16.5. The van der Waals surface area contributed by atoms with Gasteiger partial charge in [0.2, 0.25) is 0 Å². The minimum absolute atomic E-state index is 0.360. The van der Waals surface area contributed by atoms with E-state index in [-0.39, 0.29) is 0 Å². The lowest BCUT2D eigenvalue weighted by molar-refractivity contribution is -0.139. The molecule has 0 aliphatic rings. The molecule has 1 aromatic rings. The Kier molecular flexibility index (Phi) is 5.53. The topological polar surface area (TPSA) is 93.5 Å². The van der Waals surface area contributed by atoms with Crippen LogP contribution in [0.5, 0.6) is 5.75 Å². The van der Waals surface area contributed by atoms with Crippen LogP contribution in [0, 0.1) is 0 Å². The highest BCUT2D eigenvalue weighted by Crippen LogP contribution is 2.07. The molecule has 0 aromatic heterocycles. The summed E-state index contributed by atoms with van der Waals surface area (Å²) in [5.74, 6) is 3.97. The number of carbonyl (C=O) groups excluding carboxylic acids is 2. The first-order valence-corrected chi connectivity index (χ1v) is 5.20. The van der Waals surface area contributed by atoms with E-state index in [9.17, 15) is 9.59 Å². The molecule has 0 saturated carbocycles. The van der Waals surface area contributed by atoms with Gasteiger partial charge in [-0.05, 0) is 18.6 Å². The number of para-hydroxylation sites is 1. The maximum absolute atomic E-state index is 11.0. The molecular formula is C11H15N3O3. The molecule has 1 aromatic carbocycles. The standard InChI is InChI=1S/C11H15N3O3/c12-14-11(16)10(15)13-7-4-8-17-9-5-2-1-3-6-9/h1-3,5-6H,4,7-8,12H2,(H,13,15)(H,14,16). The number of carbonyl (C=O) groups is 2. The van der Waals surface area contributed by atoms with Crippen LogP contribution in [0.25, 0.3) is 0 Å². The Balaban J connectivity index is 2.09. The predicted octanol–water partition coefficient (Wildman–Crippen LogP) is -0.438. The molecule has 4 N–H and O–H groups in total. The molecule has 6 nitrogen and oxygen atoms in total. The Morgan fingerprint density at radius 2 is 1.88 bits per heavy atom. The summed E-state index contributed by atoms with van der Waals surface area (Å²) >= 11 is 0. The average molecular weight is 237 g/mol. The van der Waals surface area contributed by atoms with Gasteiger partial charge in [-0.25, -0.2) is 5.84 Å². The van der Waals surface area contributed by atoms with E-state index in [0.717, 1.165) is 5.75 Å². The first-order valence-electron chi connectivity index (χ1n) is 5.20. The maximum Gasteiger partial charge on any atom is 0.323 e. The van der Waals surface area contributed by atoms with Crippen LogP contribution in [-0.4, -0.2) is 25.0 Å². The largest absolute Gasteiger partial charge is 0.494 e. The molecular weight excluding hydrogens is 222 g/mol. The molecule has 92 valence electrons. The highest BCUT2D eigenvalue weighted by molar-refractivity contribution is 6.34. The minimum atomic E-state index is -0.853. The van der Waals surface area contributed by atoms with Crippen molar-refractivity contribution < 1.29 is 14.3 Å². The molecule has 0 saturated heterocycles. The van der Waals surface area contributed by atoms with E-state index in [1.54, 1.807) is 5.43 Å². The fourth-order valence-corrected chi connectivity index (χ4v) is 1.13. The van der Waals surface area contributed by atoms with E-state index in [0.29, 0.717) is 19.6 Å². The van der Waals surface area contributed by atoms with E-state index in [2.05, 4.69) is 5.32 Å². The van der Waals surface area contributed by atoms with Crippen LogP contribution in [0.2, 0.25) is 0 Å². The Morgan fingerprint density at radius 1 is 1.18 bits per heavy atom. The van der Waals surface area contributed by atoms with Crippen molar-refractivity contribution in [1.29, 1.82) is 0 Å². The summed E-state index contributed by atoms with van der Waals surface area (Å²) in [7, 11) is 0. The molecule has 0 fully saturated rings. The molecule has 2 amide bonds. The Morgan fingerprint density at radius 3 is 2.53 bits per heavy atom. The molecule has 0 spiro atoms. The monoisotopic (exact) mass is 237 g/mol. The molecule has 0 radical (unpaired) electrons. The van der Waals surface area contributed by atoms with Gasteiger partial charge in [0.1, 0.15) is 5.75 Å². The summed E-state index contributed by atoms with van der Waals surface area (Å²) in [5.41, 5.74) is 1.75. The molecule has 0 unspecified atom stereocenters. The quantitative estimate of drug-likeness (QED) is 0.213. The van der Waals surface area contributed by atoms with Crippen LogP contribution in [0.3, 0.4) is 0 Å². The third kappa shape index (κ3) is 4.98. The summed E-state index contributed by atoms with van der Waals surface area (Å²) in [4.78, 5) is 21.7. The molecule has 0 bridgehead atoms. The maximum atomic E-state index is 11.0. The van der Waals surface area contributed by atoms with Gasteiger partial charge in [-0.15, -0.1) is 0 Å². The number of nitrogens with two attached hydrogens (primary N) is 1. The van der Waals surface area contributed by atoms with E-state index in [1.807, 2.05) is 30.3 Å². The van der Waals surface area contributed by atoms with E-state index in [1.165, 1.54) is 0 Å². The second-order valence-electron chi connectivity index (χ2n) is 3.24. The van der Waals surface area contributed by atoms with Crippen molar-refractivity contribution in [3.8, 4) is 5.75 Å². The molecule has 0 aliphatic carbocycles.